The molecule has 0 heterocycles. The summed E-state index contributed by atoms with van der Waals surface area (Å²) < 4.78 is 73.8. The first-order chi connectivity index (χ1) is 9.50. The Kier molecular flexibility index (Phi) is 5.15. The third-order valence-corrected chi connectivity index (χ3v) is 3.72. The summed E-state index contributed by atoms with van der Waals surface area (Å²) in [6, 6.07) is 2.47. The topological polar surface area (TPSA) is 83.5 Å². The first-order valence-corrected chi connectivity index (χ1v) is 7.25. The molecule has 1 rings (SSSR count). The number of carboxylic acids is 1. The molecule has 0 radical (unpaired) electrons. The molecule has 0 aromatic heterocycles. The molecule has 0 aliphatic heterocycles. The Morgan fingerprint density at radius 2 is 1.90 bits per heavy atom. The van der Waals surface area contributed by atoms with Gasteiger partial charge in [0, 0.05) is 12.1 Å². The predicted octanol–water partition coefficient (Wildman–Crippen LogP) is 2.61. The monoisotopic (exact) mass is 329 g/mol. The molecular formula is C11H11F4NO4S. The maximum atomic E-state index is 13.1. The lowest BCUT2D eigenvalue weighted by molar-refractivity contribution is -0.134. The molecule has 0 aliphatic carbocycles. The van der Waals surface area contributed by atoms with Crippen LogP contribution in [0.4, 0.5) is 23.2 Å². The molecule has 0 amide bonds. The number of aromatic carboxylic acids is 1. The van der Waals surface area contributed by atoms with Crippen molar-refractivity contribution in [2.24, 2.45) is 0 Å². The Balaban J connectivity index is 2.76. The minimum absolute atomic E-state index is 0.235. The van der Waals surface area contributed by atoms with Gasteiger partial charge in [-0.05, 0) is 24.6 Å². The standard InChI is InChI=1S/C11H11F4NO4S/c12-9-3-2-7(6-8(9)10(17)18)16-21(19,20)5-1-4-11(13,14)15/h2-3,6,16H,1,4-5H2,(H,17,18). The predicted molar refractivity (Wildman–Crippen MR) is 66.1 cm³/mol. The van der Waals surface area contributed by atoms with Crippen LogP contribution < -0.4 is 4.72 Å². The molecule has 0 fully saturated rings. The van der Waals surface area contributed by atoms with E-state index < -0.39 is 52.1 Å². The van der Waals surface area contributed by atoms with Crippen molar-refractivity contribution in [2.75, 3.05) is 10.5 Å². The molecule has 1 aromatic carbocycles. The highest BCUT2D eigenvalue weighted by molar-refractivity contribution is 7.92. The van der Waals surface area contributed by atoms with Crippen molar-refractivity contribution in [2.45, 2.75) is 19.0 Å². The minimum atomic E-state index is -4.46. The van der Waals surface area contributed by atoms with Crippen molar-refractivity contribution in [3.63, 3.8) is 0 Å². The number of benzene rings is 1. The summed E-state index contributed by atoms with van der Waals surface area (Å²) in [6.45, 7) is 0. The lowest BCUT2D eigenvalue weighted by atomic mass is 10.2. The van der Waals surface area contributed by atoms with E-state index in [4.69, 9.17) is 5.11 Å². The third kappa shape index (κ3) is 5.98. The molecule has 2 N–H and O–H groups in total. The number of hydrogen-bond donors (Lipinski definition) is 2. The molecule has 0 spiro atoms. The molecule has 0 atom stereocenters. The molecular weight excluding hydrogens is 318 g/mol. The van der Waals surface area contributed by atoms with E-state index in [1.807, 2.05) is 4.72 Å². The minimum Gasteiger partial charge on any atom is -0.478 e. The van der Waals surface area contributed by atoms with Crippen LogP contribution in [0.25, 0.3) is 0 Å². The van der Waals surface area contributed by atoms with Crippen molar-refractivity contribution in [3.05, 3.63) is 29.6 Å². The molecule has 10 heteroatoms. The second-order valence-electron chi connectivity index (χ2n) is 4.14. The van der Waals surface area contributed by atoms with E-state index in [0.717, 1.165) is 18.2 Å². The quantitative estimate of drug-likeness (QED) is 0.786. The van der Waals surface area contributed by atoms with Gasteiger partial charge in [0.25, 0.3) is 0 Å². The van der Waals surface area contributed by atoms with Gasteiger partial charge in [0.2, 0.25) is 10.0 Å². The zero-order valence-corrected chi connectivity index (χ0v) is 11.3. The van der Waals surface area contributed by atoms with Crippen LogP contribution in [0.15, 0.2) is 18.2 Å². The smallest absolute Gasteiger partial charge is 0.389 e. The van der Waals surface area contributed by atoms with Gasteiger partial charge in [0.1, 0.15) is 5.82 Å². The van der Waals surface area contributed by atoms with Crippen molar-refractivity contribution in [1.29, 1.82) is 0 Å². The average molecular weight is 329 g/mol. The van der Waals surface area contributed by atoms with Crippen LogP contribution in [0, 0.1) is 5.82 Å². The van der Waals surface area contributed by atoms with E-state index in [1.165, 1.54) is 0 Å². The number of carboxylic acid groups (broad SMARTS) is 1. The van der Waals surface area contributed by atoms with Gasteiger partial charge in [-0.1, -0.05) is 0 Å². The third-order valence-electron chi connectivity index (χ3n) is 2.34. The van der Waals surface area contributed by atoms with Gasteiger partial charge in [-0.25, -0.2) is 17.6 Å². The van der Waals surface area contributed by atoms with Crippen LogP contribution in [0.2, 0.25) is 0 Å². The van der Waals surface area contributed by atoms with Crippen LogP contribution in [0.1, 0.15) is 23.2 Å². The number of anilines is 1. The fourth-order valence-electron chi connectivity index (χ4n) is 1.45. The summed E-state index contributed by atoms with van der Waals surface area (Å²) in [6.07, 6.45) is -6.34. The Morgan fingerprint density at radius 3 is 2.43 bits per heavy atom. The molecule has 118 valence electrons. The van der Waals surface area contributed by atoms with E-state index in [1.54, 1.807) is 0 Å². The van der Waals surface area contributed by atoms with Crippen LogP contribution in [-0.4, -0.2) is 31.4 Å². The van der Waals surface area contributed by atoms with Crippen LogP contribution in [0.5, 0.6) is 0 Å². The van der Waals surface area contributed by atoms with Gasteiger partial charge < -0.3 is 5.11 Å². The van der Waals surface area contributed by atoms with Crippen molar-refractivity contribution in [1.82, 2.24) is 0 Å². The number of nitrogens with one attached hydrogen (secondary N) is 1. The van der Waals surface area contributed by atoms with Crippen molar-refractivity contribution in [3.8, 4) is 0 Å². The molecule has 21 heavy (non-hydrogen) atoms. The Labute approximate surface area is 117 Å². The van der Waals surface area contributed by atoms with Crippen LogP contribution in [-0.2, 0) is 10.0 Å². The average Bonchev–Trinajstić information content (AvgIpc) is 2.28. The largest absolute Gasteiger partial charge is 0.478 e. The Morgan fingerprint density at radius 1 is 1.29 bits per heavy atom. The fraction of sp³-hybridized carbons (Fsp3) is 0.364. The van der Waals surface area contributed by atoms with E-state index >= 15 is 0 Å². The van der Waals surface area contributed by atoms with Gasteiger partial charge in [-0.3, -0.25) is 4.72 Å². The zero-order valence-electron chi connectivity index (χ0n) is 10.4. The summed E-state index contributed by atoms with van der Waals surface area (Å²) in [5.41, 5.74) is -0.980. The van der Waals surface area contributed by atoms with Crippen molar-refractivity contribution < 1.29 is 35.9 Å². The number of alkyl halides is 3. The number of carbonyl (C=O) groups is 1. The number of hydrogen-bond acceptors (Lipinski definition) is 3. The van der Waals surface area contributed by atoms with Crippen molar-refractivity contribution >= 4 is 21.7 Å². The lowest BCUT2D eigenvalue weighted by Crippen LogP contribution is -2.19. The van der Waals surface area contributed by atoms with Crippen LogP contribution >= 0.6 is 0 Å². The van der Waals surface area contributed by atoms with Gasteiger partial charge in [-0.2, -0.15) is 13.2 Å². The highest BCUT2D eigenvalue weighted by atomic mass is 32.2. The van der Waals surface area contributed by atoms with Crippen LogP contribution in [0.3, 0.4) is 0 Å². The molecule has 0 aliphatic rings. The Bertz CT molecular complexity index is 628. The summed E-state index contributed by atoms with van der Waals surface area (Å²) in [5.74, 6) is -3.43. The number of sulfonamides is 1. The van der Waals surface area contributed by atoms with E-state index in [2.05, 4.69) is 0 Å². The highest BCUT2D eigenvalue weighted by Crippen LogP contribution is 2.22. The summed E-state index contributed by atoms with van der Waals surface area (Å²) in [4.78, 5) is 10.7. The molecule has 0 unspecified atom stereocenters. The fourth-order valence-corrected chi connectivity index (χ4v) is 2.56. The van der Waals surface area contributed by atoms with E-state index in [0.29, 0.717) is 0 Å². The van der Waals surface area contributed by atoms with Gasteiger partial charge in [0.05, 0.1) is 11.3 Å². The first-order valence-electron chi connectivity index (χ1n) is 5.60. The van der Waals surface area contributed by atoms with Gasteiger partial charge in [0.15, 0.2) is 0 Å². The normalized spacial score (nSPS) is 12.2. The molecule has 1 aromatic rings. The Hall–Kier alpha value is -1.84. The van der Waals surface area contributed by atoms with E-state index in [9.17, 15) is 30.8 Å². The molecule has 0 saturated heterocycles. The maximum Gasteiger partial charge on any atom is 0.389 e. The summed E-state index contributed by atoms with van der Waals surface area (Å²) >= 11 is 0. The molecule has 0 saturated carbocycles. The maximum absolute atomic E-state index is 13.1. The SMILES string of the molecule is O=C(O)c1cc(NS(=O)(=O)CCCC(F)(F)F)ccc1F. The zero-order chi connectivity index (χ0) is 16.3. The number of rotatable bonds is 6. The highest BCUT2D eigenvalue weighted by Gasteiger charge is 2.27. The lowest BCUT2D eigenvalue weighted by Gasteiger charge is -2.10. The second kappa shape index (κ2) is 6.29. The first kappa shape index (κ1) is 17.2. The summed E-state index contributed by atoms with van der Waals surface area (Å²) in [7, 11) is -4.08. The second-order valence-corrected chi connectivity index (χ2v) is 5.98. The van der Waals surface area contributed by atoms with Gasteiger partial charge >= 0.3 is 12.1 Å². The van der Waals surface area contributed by atoms with Gasteiger partial charge in [-0.15, -0.1) is 0 Å². The number of halogens is 4. The summed E-state index contributed by atoms with van der Waals surface area (Å²) in [5, 5.41) is 8.68. The molecule has 0 bridgehead atoms. The van der Waals surface area contributed by atoms with E-state index in [-0.39, 0.29) is 5.69 Å². The molecule has 5 nitrogen and oxygen atoms in total.